The molecule has 5 heteroatoms. The Bertz CT molecular complexity index is 673. The van der Waals surface area contributed by atoms with Crippen molar-refractivity contribution in [1.29, 1.82) is 0 Å². The molecule has 0 fully saturated rings. The molecule has 1 heterocycles. The van der Waals surface area contributed by atoms with Gasteiger partial charge >= 0.3 is 17.1 Å². The summed E-state index contributed by atoms with van der Waals surface area (Å²) in [6, 6.07) is 21.0. The fourth-order valence-electron chi connectivity index (χ4n) is 1.69. The second kappa shape index (κ2) is 18.5. The number of aryl methyl sites for hydroxylation is 2. The van der Waals surface area contributed by atoms with Crippen LogP contribution in [0.25, 0.3) is 0 Å². The smallest absolute Gasteiger partial charge is 0.459 e. The van der Waals surface area contributed by atoms with Gasteiger partial charge in [-0.1, -0.05) is 74.0 Å². The van der Waals surface area contributed by atoms with Crippen LogP contribution >= 0.6 is 12.4 Å². The molecule has 0 aliphatic rings. The Kier molecular flexibility index (Phi) is 20.2. The van der Waals surface area contributed by atoms with E-state index in [1.54, 1.807) is 12.3 Å². The molecule has 3 nitrogen and oxygen atoms in total. The van der Waals surface area contributed by atoms with Crippen LogP contribution in [0.15, 0.2) is 82.9 Å². The van der Waals surface area contributed by atoms with Crippen LogP contribution in [-0.2, 0) is 17.1 Å². The summed E-state index contributed by atoms with van der Waals surface area (Å²) in [5.74, 6) is 0. The third-order valence-corrected chi connectivity index (χ3v) is 3.03. The number of aliphatic imine (C=N–C) groups is 2. The summed E-state index contributed by atoms with van der Waals surface area (Å²) >= 11 is 0. The molecule has 0 spiro atoms. The SMILES string of the molecule is Cl.[CH-]=Nc1ccccc1C.[CH-]=Nc1ccccc1C.[CH3-].[Fe+4].[c-]1ccccn1. The monoisotopic (exact) mass is 421 g/mol. The Morgan fingerprint density at radius 1 is 0.778 bits per heavy atom. The van der Waals surface area contributed by atoms with E-state index in [-0.39, 0.29) is 36.9 Å². The first kappa shape index (κ1) is 29.5. The van der Waals surface area contributed by atoms with E-state index in [0.29, 0.717) is 0 Å². The summed E-state index contributed by atoms with van der Waals surface area (Å²) in [6.07, 6.45) is 4.34. The second-order valence-electron chi connectivity index (χ2n) is 4.79. The molecule has 3 aromatic rings. The zero-order valence-corrected chi connectivity index (χ0v) is 17.6. The molecule has 0 amide bonds. The number of pyridine rings is 1. The van der Waals surface area contributed by atoms with Gasteiger partial charge < -0.3 is 22.4 Å². The number of nitrogens with zero attached hydrogens (tertiary/aromatic N) is 3. The van der Waals surface area contributed by atoms with E-state index in [0.717, 1.165) is 22.5 Å². The fraction of sp³-hybridized carbons (Fsp3) is 0.0909. The maximum absolute atomic E-state index is 5.08. The van der Waals surface area contributed by atoms with Gasteiger partial charge in [0.25, 0.3) is 0 Å². The Balaban J connectivity index is -0.000000309. The van der Waals surface area contributed by atoms with Crippen LogP contribution in [0.4, 0.5) is 11.4 Å². The number of hydrogen-bond acceptors (Lipinski definition) is 3. The van der Waals surface area contributed by atoms with Gasteiger partial charge in [-0.3, -0.25) is 0 Å². The summed E-state index contributed by atoms with van der Waals surface area (Å²) in [5, 5.41) is 0. The summed E-state index contributed by atoms with van der Waals surface area (Å²) in [7, 11) is 0. The van der Waals surface area contributed by atoms with Gasteiger partial charge in [0.05, 0.1) is 0 Å². The van der Waals surface area contributed by atoms with Gasteiger partial charge in [0.1, 0.15) is 0 Å². The van der Waals surface area contributed by atoms with Crippen LogP contribution in [-0.4, -0.2) is 18.4 Å². The standard InChI is InChI=1S/2C8H8N.C5H4N.CH3.ClH.Fe/c2*1-7-5-3-4-6-8(7)9-2;1-2-4-6-5-3-1;;;/h2*2-6H,1H3;1-4H;1H3;1H;/q4*-1;;+4. The van der Waals surface area contributed by atoms with E-state index in [1.807, 2.05) is 74.5 Å². The first-order chi connectivity index (χ1) is 11.7. The van der Waals surface area contributed by atoms with Crippen molar-refractivity contribution in [1.82, 2.24) is 4.98 Å². The first-order valence-corrected chi connectivity index (χ1v) is 7.39. The molecule has 0 bridgehead atoms. The number of benzene rings is 2. The van der Waals surface area contributed by atoms with Gasteiger partial charge in [0, 0.05) is 0 Å². The van der Waals surface area contributed by atoms with Crippen molar-refractivity contribution >= 4 is 37.2 Å². The second-order valence-corrected chi connectivity index (χ2v) is 4.79. The minimum Gasteiger partial charge on any atom is -0.459 e. The van der Waals surface area contributed by atoms with Gasteiger partial charge in [-0.05, 0) is 0 Å². The topological polar surface area (TPSA) is 37.6 Å². The summed E-state index contributed by atoms with van der Waals surface area (Å²) in [6.45, 7) is 14.1. The molecule has 27 heavy (non-hydrogen) atoms. The third-order valence-electron chi connectivity index (χ3n) is 3.03. The van der Waals surface area contributed by atoms with Crippen molar-refractivity contribution in [2.75, 3.05) is 0 Å². The van der Waals surface area contributed by atoms with Crippen LogP contribution in [0.3, 0.4) is 0 Å². The van der Waals surface area contributed by atoms with Gasteiger partial charge in [0.15, 0.2) is 0 Å². The molecule has 0 N–H and O–H groups in total. The minimum atomic E-state index is 0. The van der Waals surface area contributed by atoms with Gasteiger partial charge in [0.2, 0.25) is 0 Å². The summed E-state index contributed by atoms with van der Waals surface area (Å²) in [4.78, 5) is 10.8. The summed E-state index contributed by atoms with van der Waals surface area (Å²) in [5.41, 5.74) is 3.94. The van der Waals surface area contributed by atoms with E-state index >= 15 is 0 Å². The van der Waals surface area contributed by atoms with Crippen molar-refractivity contribution in [2.24, 2.45) is 9.98 Å². The number of halogens is 1. The van der Waals surface area contributed by atoms with Crippen molar-refractivity contribution in [3.8, 4) is 0 Å². The van der Waals surface area contributed by atoms with Crippen molar-refractivity contribution in [3.05, 3.63) is 97.7 Å². The van der Waals surface area contributed by atoms with Gasteiger partial charge in [-0.15, -0.1) is 35.7 Å². The van der Waals surface area contributed by atoms with Crippen LogP contribution in [0.2, 0.25) is 0 Å². The average molecular weight is 422 g/mol. The molecule has 1 aromatic heterocycles. The van der Waals surface area contributed by atoms with Gasteiger partial charge in [-0.2, -0.15) is 31.6 Å². The molecule has 0 radical (unpaired) electrons. The minimum absolute atomic E-state index is 0. The Labute approximate surface area is 180 Å². The van der Waals surface area contributed by atoms with E-state index in [1.165, 1.54) is 0 Å². The molecule has 0 saturated heterocycles. The maximum atomic E-state index is 5.08. The van der Waals surface area contributed by atoms with Crippen molar-refractivity contribution < 1.29 is 17.1 Å². The number of para-hydroxylation sites is 2. The van der Waals surface area contributed by atoms with E-state index in [4.69, 9.17) is 13.4 Å². The molecular weight excluding hydrogens is 398 g/mol. The molecule has 2 aromatic carbocycles. The van der Waals surface area contributed by atoms with Crippen molar-refractivity contribution in [2.45, 2.75) is 13.8 Å². The summed E-state index contributed by atoms with van der Waals surface area (Å²) < 4.78 is 0. The molecule has 0 atom stereocenters. The molecular formula is C22H24ClFeN3. The van der Waals surface area contributed by atoms with E-state index < -0.39 is 0 Å². The fourth-order valence-corrected chi connectivity index (χ4v) is 1.69. The van der Waals surface area contributed by atoms with Crippen LogP contribution in [0, 0.1) is 27.5 Å². The largest absolute Gasteiger partial charge is 4.00 e. The molecule has 3 rings (SSSR count). The van der Waals surface area contributed by atoms with Crippen LogP contribution in [0.5, 0.6) is 0 Å². The third kappa shape index (κ3) is 12.7. The maximum Gasteiger partial charge on any atom is 4.00 e. The van der Waals surface area contributed by atoms with Crippen LogP contribution < -0.4 is 0 Å². The number of rotatable bonds is 2. The Morgan fingerprint density at radius 2 is 1.22 bits per heavy atom. The number of hydrogen-bond donors (Lipinski definition) is 0. The predicted molar refractivity (Wildman–Crippen MR) is 115 cm³/mol. The van der Waals surface area contributed by atoms with Gasteiger partial charge in [-0.25, -0.2) is 0 Å². The quantitative estimate of drug-likeness (QED) is 0.277. The van der Waals surface area contributed by atoms with Crippen LogP contribution in [0.1, 0.15) is 11.1 Å². The Hall–Kier alpha value is -2.26. The predicted octanol–water partition coefficient (Wildman–Crippen LogP) is 6.16. The molecule has 0 aliphatic heterocycles. The Morgan fingerprint density at radius 3 is 1.41 bits per heavy atom. The molecule has 0 aliphatic carbocycles. The number of aromatic nitrogens is 1. The molecule has 0 unspecified atom stereocenters. The van der Waals surface area contributed by atoms with Crippen molar-refractivity contribution in [3.63, 3.8) is 0 Å². The average Bonchev–Trinajstić information content (AvgIpc) is 2.65. The molecule has 142 valence electrons. The molecule has 0 saturated carbocycles. The zero-order chi connectivity index (χ0) is 17.6. The van der Waals surface area contributed by atoms with E-state index in [9.17, 15) is 0 Å². The first-order valence-electron chi connectivity index (χ1n) is 7.39. The van der Waals surface area contributed by atoms with E-state index in [2.05, 4.69) is 21.2 Å². The zero-order valence-electron chi connectivity index (χ0n) is 15.7. The normalized spacial score (nSPS) is 7.78.